The zero-order valence-corrected chi connectivity index (χ0v) is 12.0. The van der Waals surface area contributed by atoms with Crippen LogP contribution in [0.1, 0.15) is 50.3 Å². The van der Waals surface area contributed by atoms with Gasteiger partial charge in [0.15, 0.2) is 0 Å². The SMILES string of the molecule is Cc1cc(C(C)NC(=O)CC(C)(C)C(=O)O)c(C)o1. The lowest BCUT2D eigenvalue weighted by Gasteiger charge is -2.20. The maximum atomic E-state index is 11.9. The zero-order chi connectivity index (χ0) is 14.8. The minimum absolute atomic E-state index is 0.0530. The standard InChI is InChI=1S/C14H21NO4/c1-8-6-11(10(3)19-8)9(2)15-12(16)7-14(4,5)13(17)18/h6,9H,7H2,1-5H3,(H,15,16)(H,17,18). The first kappa shape index (κ1) is 15.3. The van der Waals surface area contributed by atoms with Gasteiger partial charge < -0.3 is 14.8 Å². The van der Waals surface area contributed by atoms with Crippen molar-refractivity contribution in [2.45, 2.75) is 47.1 Å². The van der Waals surface area contributed by atoms with Gasteiger partial charge in [-0.1, -0.05) is 0 Å². The van der Waals surface area contributed by atoms with Gasteiger partial charge in [0.25, 0.3) is 0 Å². The average molecular weight is 267 g/mol. The fourth-order valence-corrected chi connectivity index (χ4v) is 1.93. The van der Waals surface area contributed by atoms with E-state index in [2.05, 4.69) is 5.32 Å². The molecule has 0 bridgehead atoms. The lowest BCUT2D eigenvalue weighted by Crippen LogP contribution is -2.34. The first-order chi connectivity index (χ1) is 8.63. The number of amides is 1. The van der Waals surface area contributed by atoms with Crippen LogP contribution < -0.4 is 5.32 Å². The van der Waals surface area contributed by atoms with Crippen LogP contribution in [-0.2, 0) is 9.59 Å². The second-order valence-electron chi connectivity index (χ2n) is 5.52. The van der Waals surface area contributed by atoms with Crippen molar-refractivity contribution < 1.29 is 19.1 Å². The molecule has 1 rings (SSSR count). The third-order valence-corrected chi connectivity index (χ3v) is 3.10. The zero-order valence-electron chi connectivity index (χ0n) is 12.0. The minimum Gasteiger partial charge on any atom is -0.481 e. The van der Waals surface area contributed by atoms with Crippen LogP contribution in [0.4, 0.5) is 0 Å². The Morgan fingerprint density at radius 3 is 2.42 bits per heavy atom. The monoisotopic (exact) mass is 267 g/mol. The Labute approximate surface area is 113 Å². The Hall–Kier alpha value is -1.78. The van der Waals surface area contributed by atoms with E-state index >= 15 is 0 Å². The summed E-state index contributed by atoms with van der Waals surface area (Å²) in [6, 6.07) is 1.68. The maximum Gasteiger partial charge on any atom is 0.309 e. The topological polar surface area (TPSA) is 79.5 Å². The van der Waals surface area contributed by atoms with Crippen molar-refractivity contribution >= 4 is 11.9 Å². The van der Waals surface area contributed by atoms with E-state index in [9.17, 15) is 9.59 Å². The van der Waals surface area contributed by atoms with Crippen LogP contribution >= 0.6 is 0 Å². The molecule has 1 unspecified atom stereocenters. The third-order valence-electron chi connectivity index (χ3n) is 3.10. The molecule has 1 amide bonds. The molecule has 0 aliphatic heterocycles. The molecule has 1 heterocycles. The number of furan rings is 1. The highest BCUT2D eigenvalue weighted by Gasteiger charge is 2.30. The lowest BCUT2D eigenvalue weighted by molar-refractivity contribution is -0.149. The number of carbonyl (C=O) groups excluding carboxylic acids is 1. The van der Waals surface area contributed by atoms with Crippen LogP contribution in [0.25, 0.3) is 0 Å². The van der Waals surface area contributed by atoms with Crippen LogP contribution in [0.15, 0.2) is 10.5 Å². The first-order valence-electron chi connectivity index (χ1n) is 6.23. The van der Waals surface area contributed by atoms with Gasteiger partial charge in [0.1, 0.15) is 11.5 Å². The number of hydrogen-bond donors (Lipinski definition) is 2. The van der Waals surface area contributed by atoms with Crippen molar-refractivity contribution in [1.29, 1.82) is 0 Å². The third kappa shape index (κ3) is 3.84. The van der Waals surface area contributed by atoms with Gasteiger partial charge in [-0.05, 0) is 40.7 Å². The van der Waals surface area contributed by atoms with E-state index in [4.69, 9.17) is 9.52 Å². The van der Waals surface area contributed by atoms with Gasteiger partial charge in [-0.2, -0.15) is 0 Å². The van der Waals surface area contributed by atoms with Gasteiger partial charge in [-0.25, -0.2) is 0 Å². The quantitative estimate of drug-likeness (QED) is 0.859. The lowest BCUT2D eigenvalue weighted by atomic mass is 9.89. The molecule has 0 spiro atoms. The molecule has 0 aliphatic carbocycles. The Kier molecular flexibility index (Phi) is 4.39. The number of aryl methyl sites for hydroxylation is 2. The van der Waals surface area contributed by atoms with Crippen molar-refractivity contribution in [3.05, 3.63) is 23.2 Å². The Bertz CT molecular complexity index is 488. The molecule has 5 heteroatoms. The molecule has 5 nitrogen and oxygen atoms in total. The molecule has 0 saturated heterocycles. The normalized spacial score (nSPS) is 13.1. The summed E-state index contributed by atoms with van der Waals surface area (Å²) in [4.78, 5) is 22.8. The Morgan fingerprint density at radius 1 is 1.42 bits per heavy atom. The van der Waals surface area contributed by atoms with Crippen LogP contribution in [0.2, 0.25) is 0 Å². The smallest absolute Gasteiger partial charge is 0.309 e. The summed E-state index contributed by atoms with van der Waals surface area (Å²) in [5.74, 6) is 0.297. The number of aliphatic carboxylic acids is 1. The highest BCUT2D eigenvalue weighted by Crippen LogP contribution is 2.23. The van der Waals surface area contributed by atoms with Gasteiger partial charge >= 0.3 is 5.97 Å². The molecule has 0 aliphatic rings. The summed E-state index contributed by atoms with van der Waals surface area (Å²) in [5.41, 5.74) is -0.149. The van der Waals surface area contributed by atoms with E-state index in [1.807, 2.05) is 26.8 Å². The van der Waals surface area contributed by atoms with Crippen LogP contribution in [-0.4, -0.2) is 17.0 Å². The van der Waals surface area contributed by atoms with E-state index in [0.29, 0.717) is 0 Å². The molecule has 19 heavy (non-hydrogen) atoms. The van der Waals surface area contributed by atoms with Crippen molar-refractivity contribution in [3.63, 3.8) is 0 Å². The maximum absolute atomic E-state index is 11.9. The fraction of sp³-hybridized carbons (Fsp3) is 0.571. The highest BCUT2D eigenvalue weighted by molar-refractivity contribution is 5.84. The molecule has 2 N–H and O–H groups in total. The van der Waals surface area contributed by atoms with E-state index in [1.54, 1.807) is 0 Å². The fourth-order valence-electron chi connectivity index (χ4n) is 1.93. The molecule has 0 radical (unpaired) electrons. The highest BCUT2D eigenvalue weighted by atomic mass is 16.4. The van der Waals surface area contributed by atoms with E-state index < -0.39 is 11.4 Å². The number of hydrogen-bond acceptors (Lipinski definition) is 3. The molecular formula is C14H21NO4. The van der Waals surface area contributed by atoms with Crippen molar-refractivity contribution in [2.24, 2.45) is 5.41 Å². The van der Waals surface area contributed by atoms with Crippen molar-refractivity contribution in [3.8, 4) is 0 Å². The number of carbonyl (C=O) groups is 2. The van der Waals surface area contributed by atoms with Crippen LogP contribution in [0.5, 0.6) is 0 Å². The van der Waals surface area contributed by atoms with Gasteiger partial charge in [0, 0.05) is 12.0 Å². The predicted molar refractivity (Wildman–Crippen MR) is 70.8 cm³/mol. The largest absolute Gasteiger partial charge is 0.481 e. The molecule has 0 saturated carbocycles. The number of rotatable bonds is 5. The van der Waals surface area contributed by atoms with Crippen molar-refractivity contribution in [2.75, 3.05) is 0 Å². The van der Waals surface area contributed by atoms with Gasteiger partial charge in [0.05, 0.1) is 11.5 Å². The number of nitrogens with one attached hydrogen (secondary N) is 1. The molecule has 106 valence electrons. The van der Waals surface area contributed by atoms with Crippen molar-refractivity contribution in [1.82, 2.24) is 5.32 Å². The second kappa shape index (κ2) is 5.47. The van der Waals surface area contributed by atoms with E-state index in [1.165, 1.54) is 13.8 Å². The van der Waals surface area contributed by atoms with Gasteiger partial charge in [-0.15, -0.1) is 0 Å². The first-order valence-corrected chi connectivity index (χ1v) is 6.23. The van der Waals surface area contributed by atoms with Gasteiger partial charge in [-0.3, -0.25) is 9.59 Å². The second-order valence-corrected chi connectivity index (χ2v) is 5.52. The Morgan fingerprint density at radius 2 is 2.00 bits per heavy atom. The molecular weight excluding hydrogens is 246 g/mol. The molecule has 1 aromatic rings. The molecule has 1 atom stereocenters. The molecule has 0 aromatic carbocycles. The number of carboxylic acid groups (broad SMARTS) is 1. The van der Waals surface area contributed by atoms with Gasteiger partial charge in [0.2, 0.25) is 5.91 Å². The van der Waals surface area contributed by atoms with E-state index in [0.717, 1.165) is 17.1 Å². The Balaban J connectivity index is 2.68. The predicted octanol–water partition coefficient (Wildman–Crippen LogP) is 2.57. The summed E-state index contributed by atoms with van der Waals surface area (Å²) in [5, 5.41) is 11.8. The van der Waals surface area contributed by atoms with Crippen LogP contribution in [0, 0.1) is 19.3 Å². The summed E-state index contributed by atoms with van der Waals surface area (Å²) in [6.07, 6.45) is -0.0530. The number of carboxylic acids is 1. The summed E-state index contributed by atoms with van der Waals surface area (Å²) >= 11 is 0. The summed E-state index contributed by atoms with van der Waals surface area (Å²) in [6.45, 7) is 8.60. The summed E-state index contributed by atoms with van der Waals surface area (Å²) < 4.78 is 5.41. The average Bonchev–Trinajstić information content (AvgIpc) is 2.56. The molecule has 1 aromatic heterocycles. The van der Waals surface area contributed by atoms with E-state index in [-0.39, 0.29) is 18.4 Å². The van der Waals surface area contributed by atoms with Crippen LogP contribution in [0.3, 0.4) is 0 Å². The summed E-state index contributed by atoms with van der Waals surface area (Å²) in [7, 11) is 0. The minimum atomic E-state index is -1.06. The molecule has 0 fully saturated rings.